The average molecular weight is 309 g/mol. The Morgan fingerprint density at radius 1 is 1.10 bits per heavy atom. The van der Waals surface area contributed by atoms with E-state index in [4.69, 9.17) is 5.73 Å². The quantitative estimate of drug-likeness (QED) is 0.482. The smallest absolute Gasteiger partial charge is 0.260 e. The van der Waals surface area contributed by atoms with Gasteiger partial charge in [0.2, 0.25) is 5.82 Å². The summed E-state index contributed by atoms with van der Waals surface area (Å²) in [6.07, 6.45) is 0. The summed E-state index contributed by atoms with van der Waals surface area (Å²) in [4.78, 5) is 13.1. The monoisotopic (exact) mass is 309 g/mol. The third kappa shape index (κ3) is 2.58. The molecule has 0 aliphatic carbocycles. The minimum absolute atomic E-state index is 0.00582. The van der Waals surface area contributed by atoms with Crippen molar-refractivity contribution in [3.8, 4) is 0 Å². The first-order chi connectivity index (χ1) is 9.90. The maximum Gasteiger partial charge on any atom is 0.260 e. The summed E-state index contributed by atoms with van der Waals surface area (Å²) in [5, 5.41) is 2.91. The van der Waals surface area contributed by atoms with Gasteiger partial charge >= 0.3 is 0 Å². The number of carbonyl (C=O) groups excluding carboxylic acids is 1. The molecular weight excluding hydrogens is 297 g/mol. The molecule has 1 fully saturated rings. The van der Waals surface area contributed by atoms with E-state index < -0.39 is 46.6 Å². The second-order valence-corrected chi connectivity index (χ2v) is 4.54. The summed E-state index contributed by atoms with van der Waals surface area (Å²) in [5.41, 5.74) is 3.99. The zero-order valence-electron chi connectivity index (χ0n) is 10.7. The van der Waals surface area contributed by atoms with Gasteiger partial charge in [0.1, 0.15) is 5.56 Å². The number of amides is 1. The van der Waals surface area contributed by atoms with E-state index in [-0.39, 0.29) is 19.6 Å². The van der Waals surface area contributed by atoms with E-state index >= 15 is 0 Å². The Morgan fingerprint density at radius 2 is 1.62 bits per heavy atom. The molecule has 0 spiro atoms. The molecule has 3 N–H and O–H groups in total. The first-order valence-corrected chi connectivity index (χ1v) is 6.13. The minimum atomic E-state index is -2.29. The maximum absolute atomic E-state index is 13.6. The van der Waals surface area contributed by atoms with E-state index in [0.717, 1.165) is 4.90 Å². The van der Waals surface area contributed by atoms with Crippen molar-refractivity contribution in [2.45, 2.75) is 6.04 Å². The van der Waals surface area contributed by atoms with Crippen molar-refractivity contribution >= 4 is 5.91 Å². The summed E-state index contributed by atoms with van der Waals surface area (Å²) < 4.78 is 66.5. The normalized spacial score (nSPS) is 19.0. The third-order valence-electron chi connectivity index (χ3n) is 3.31. The number of piperazine rings is 1. The lowest BCUT2D eigenvalue weighted by atomic mass is 10.1. The Balaban J connectivity index is 2.48. The first-order valence-electron chi connectivity index (χ1n) is 6.13. The SMILES string of the molecule is NCC1CNCCN1C(=O)c1c(F)c(F)c(F)c(F)c1F. The number of nitrogens with two attached hydrogens (primary N) is 1. The molecule has 9 heteroatoms. The summed E-state index contributed by atoms with van der Waals surface area (Å²) in [6, 6.07) is -0.582. The van der Waals surface area contributed by atoms with Crippen molar-refractivity contribution in [1.29, 1.82) is 0 Å². The number of halogens is 5. The molecule has 1 amide bonds. The highest BCUT2D eigenvalue weighted by atomic mass is 19.2. The molecule has 4 nitrogen and oxygen atoms in total. The molecular formula is C12H12F5N3O. The number of benzene rings is 1. The highest BCUT2D eigenvalue weighted by Crippen LogP contribution is 2.25. The van der Waals surface area contributed by atoms with Crippen molar-refractivity contribution in [2.75, 3.05) is 26.2 Å². The Labute approximate surface area is 116 Å². The van der Waals surface area contributed by atoms with Gasteiger partial charge in [0.15, 0.2) is 23.3 Å². The molecule has 21 heavy (non-hydrogen) atoms. The van der Waals surface area contributed by atoms with Crippen LogP contribution in [0.2, 0.25) is 0 Å². The molecule has 2 rings (SSSR count). The Morgan fingerprint density at radius 3 is 2.14 bits per heavy atom. The number of rotatable bonds is 2. The van der Waals surface area contributed by atoms with Gasteiger partial charge in [0.05, 0.1) is 6.04 Å². The molecule has 1 aromatic carbocycles. The van der Waals surface area contributed by atoms with Gasteiger partial charge in [-0.15, -0.1) is 0 Å². The number of nitrogens with one attached hydrogen (secondary N) is 1. The van der Waals surface area contributed by atoms with Crippen LogP contribution in [0.1, 0.15) is 10.4 Å². The predicted octanol–water partition coefficient (Wildman–Crippen LogP) is 0.755. The van der Waals surface area contributed by atoms with Crippen molar-refractivity contribution in [3.05, 3.63) is 34.6 Å². The van der Waals surface area contributed by atoms with Gasteiger partial charge in [-0.2, -0.15) is 0 Å². The van der Waals surface area contributed by atoms with Crippen LogP contribution in [-0.2, 0) is 0 Å². The Bertz CT molecular complexity index is 551. The molecule has 1 unspecified atom stereocenters. The van der Waals surface area contributed by atoms with Gasteiger partial charge in [0, 0.05) is 26.2 Å². The molecule has 1 atom stereocenters. The van der Waals surface area contributed by atoms with E-state index in [1.165, 1.54) is 0 Å². The Kier molecular flexibility index (Phi) is 4.43. The fourth-order valence-corrected chi connectivity index (χ4v) is 2.18. The highest BCUT2D eigenvalue weighted by molar-refractivity contribution is 5.95. The van der Waals surface area contributed by atoms with E-state index in [1.807, 2.05) is 0 Å². The van der Waals surface area contributed by atoms with Crippen LogP contribution in [0.3, 0.4) is 0 Å². The zero-order chi connectivity index (χ0) is 15.7. The number of hydrogen-bond donors (Lipinski definition) is 2. The average Bonchev–Trinajstić information content (AvgIpc) is 2.51. The summed E-state index contributed by atoms with van der Waals surface area (Å²) in [6.45, 7) is 0.656. The molecule has 1 aliphatic rings. The Hall–Kier alpha value is -1.74. The van der Waals surface area contributed by atoms with Gasteiger partial charge in [-0.1, -0.05) is 0 Å². The van der Waals surface area contributed by atoms with Crippen LogP contribution in [0.25, 0.3) is 0 Å². The largest absolute Gasteiger partial charge is 0.332 e. The van der Waals surface area contributed by atoms with E-state index in [9.17, 15) is 26.7 Å². The van der Waals surface area contributed by atoms with Gasteiger partial charge < -0.3 is 16.0 Å². The molecule has 1 aromatic rings. The maximum atomic E-state index is 13.6. The summed E-state index contributed by atoms with van der Waals surface area (Å²) in [5.74, 6) is -12.1. The van der Waals surface area contributed by atoms with Crippen LogP contribution in [0.5, 0.6) is 0 Å². The van der Waals surface area contributed by atoms with Crippen LogP contribution in [-0.4, -0.2) is 43.0 Å². The summed E-state index contributed by atoms with van der Waals surface area (Å²) >= 11 is 0. The standard InChI is InChI=1S/C12H12F5N3O/c13-7-6(8(14)10(16)11(17)9(7)15)12(21)20-2-1-19-4-5(20)3-18/h5,19H,1-4,18H2. The zero-order valence-corrected chi connectivity index (χ0v) is 10.7. The molecule has 1 aliphatic heterocycles. The highest BCUT2D eigenvalue weighted by Gasteiger charge is 2.35. The molecule has 0 radical (unpaired) electrons. The molecule has 1 heterocycles. The van der Waals surface area contributed by atoms with Crippen LogP contribution in [0.15, 0.2) is 0 Å². The molecule has 0 bridgehead atoms. The fourth-order valence-electron chi connectivity index (χ4n) is 2.18. The van der Waals surface area contributed by atoms with Crippen molar-refractivity contribution < 1.29 is 26.7 Å². The second-order valence-electron chi connectivity index (χ2n) is 4.54. The lowest BCUT2D eigenvalue weighted by Crippen LogP contribution is -2.56. The van der Waals surface area contributed by atoms with E-state index in [1.54, 1.807) is 0 Å². The fraction of sp³-hybridized carbons (Fsp3) is 0.417. The topological polar surface area (TPSA) is 58.4 Å². The van der Waals surface area contributed by atoms with E-state index in [0.29, 0.717) is 6.54 Å². The van der Waals surface area contributed by atoms with Gasteiger partial charge in [0.25, 0.3) is 5.91 Å². The number of carbonyl (C=O) groups is 1. The lowest BCUT2D eigenvalue weighted by Gasteiger charge is -2.35. The van der Waals surface area contributed by atoms with Gasteiger partial charge in [-0.25, -0.2) is 22.0 Å². The van der Waals surface area contributed by atoms with Crippen LogP contribution in [0.4, 0.5) is 22.0 Å². The van der Waals surface area contributed by atoms with Crippen LogP contribution in [0, 0.1) is 29.1 Å². The van der Waals surface area contributed by atoms with Gasteiger partial charge in [-0.05, 0) is 0 Å². The van der Waals surface area contributed by atoms with Crippen LogP contribution >= 0.6 is 0 Å². The first kappa shape index (κ1) is 15.6. The molecule has 0 saturated carbocycles. The number of nitrogens with zero attached hydrogens (tertiary/aromatic N) is 1. The molecule has 0 aromatic heterocycles. The van der Waals surface area contributed by atoms with Crippen molar-refractivity contribution in [2.24, 2.45) is 5.73 Å². The van der Waals surface area contributed by atoms with E-state index in [2.05, 4.69) is 5.32 Å². The molecule has 116 valence electrons. The van der Waals surface area contributed by atoms with Crippen molar-refractivity contribution in [3.63, 3.8) is 0 Å². The predicted molar refractivity (Wildman–Crippen MR) is 63.0 cm³/mol. The van der Waals surface area contributed by atoms with Crippen molar-refractivity contribution in [1.82, 2.24) is 10.2 Å². The summed E-state index contributed by atoms with van der Waals surface area (Å²) in [7, 11) is 0. The second kappa shape index (κ2) is 5.94. The third-order valence-corrected chi connectivity index (χ3v) is 3.31. The van der Waals surface area contributed by atoms with Gasteiger partial charge in [-0.3, -0.25) is 4.79 Å². The minimum Gasteiger partial charge on any atom is -0.332 e. The van der Waals surface area contributed by atoms with Crippen LogP contribution < -0.4 is 11.1 Å². The molecule has 1 saturated heterocycles. The lowest BCUT2D eigenvalue weighted by molar-refractivity contribution is 0.0631. The number of hydrogen-bond acceptors (Lipinski definition) is 3.